The van der Waals surface area contributed by atoms with Crippen LogP contribution in [0.2, 0.25) is 0 Å². The molecular weight excluding hydrogens is 252 g/mol. The molecule has 0 aromatic carbocycles. The molecule has 0 saturated carbocycles. The number of aliphatic carboxylic acids is 1. The van der Waals surface area contributed by atoms with Crippen LogP contribution < -0.4 is 0 Å². The monoisotopic (exact) mass is 265 g/mol. The summed E-state index contributed by atoms with van der Waals surface area (Å²) in [5.41, 5.74) is 0. The van der Waals surface area contributed by atoms with Gasteiger partial charge in [-0.1, -0.05) is 12.7 Å². The van der Waals surface area contributed by atoms with Crippen molar-refractivity contribution < 1.29 is 33.0 Å². The SMILES string of the molecule is C=CCOC(=O)N1C[C@@H](OC(F)F)C[C@@H]1C(=O)O. The summed E-state index contributed by atoms with van der Waals surface area (Å²) in [7, 11) is 0. The minimum absolute atomic E-state index is 0.0813. The standard InChI is InChI=1S/C10H13F2NO5/c1-2-3-17-10(16)13-5-6(18-9(11)12)4-7(13)8(14)15/h2,6-7,9H,1,3-5H2,(H,14,15)/t6-,7+/m0/s1. The van der Waals surface area contributed by atoms with Gasteiger partial charge in [0, 0.05) is 6.42 Å². The Morgan fingerprint density at radius 2 is 2.22 bits per heavy atom. The molecule has 0 bridgehead atoms. The maximum Gasteiger partial charge on any atom is 0.410 e. The van der Waals surface area contributed by atoms with Crippen molar-refractivity contribution in [1.82, 2.24) is 4.90 Å². The summed E-state index contributed by atoms with van der Waals surface area (Å²) in [4.78, 5) is 23.3. The Balaban J connectivity index is 2.65. The molecular formula is C10H13F2NO5. The van der Waals surface area contributed by atoms with Crippen LogP contribution in [0.1, 0.15) is 6.42 Å². The van der Waals surface area contributed by atoms with E-state index in [0.29, 0.717) is 0 Å². The summed E-state index contributed by atoms with van der Waals surface area (Å²) in [6, 6.07) is -1.22. The quantitative estimate of drug-likeness (QED) is 0.753. The van der Waals surface area contributed by atoms with Crippen LogP contribution in [-0.4, -0.2) is 54.0 Å². The number of ether oxygens (including phenoxy) is 2. The average molecular weight is 265 g/mol. The number of hydrogen-bond acceptors (Lipinski definition) is 4. The van der Waals surface area contributed by atoms with Gasteiger partial charge < -0.3 is 14.6 Å². The van der Waals surface area contributed by atoms with Crippen LogP contribution in [0.15, 0.2) is 12.7 Å². The van der Waals surface area contributed by atoms with E-state index in [2.05, 4.69) is 16.1 Å². The van der Waals surface area contributed by atoms with Gasteiger partial charge in [-0.15, -0.1) is 0 Å². The number of halogens is 2. The van der Waals surface area contributed by atoms with E-state index in [0.717, 1.165) is 4.90 Å². The van der Waals surface area contributed by atoms with Gasteiger partial charge in [-0.3, -0.25) is 4.90 Å². The van der Waals surface area contributed by atoms with Gasteiger partial charge in [-0.25, -0.2) is 9.59 Å². The lowest BCUT2D eigenvalue weighted by atomic mass is 10.2. The van der Waals surface area contributed by atoms with Gasteiger partial charge in [0.15, 0.2) is 0 Å². The molecule has 0 unspecified atom stereocenters. The van der Waals surface area contributed by atoms with E-state index in [1.807, 2.05) is 0 Å². The predicted molar refractivity (Wildman–Crippen MR) is 55.2 cm³/mol. The molecule has 0 radical (unpaired) electrons. The van der Waals surface area contributed by atoms with Crippen molar-refractivity contribution >= 4 is 12.1 Å². The third kappa shape index (κ3) is 3.66. The van der Waals surface area contributed by atoms with Crippen molar-refractivity contribution in [2.75, 3.05) is 13.2 Å². The zero-order valence-corrected chi connectivity index (χ0v) is 9.42. The zero-order valence-electron chi connectivity index (χ0n) is 9.42. The van der Waals surface area contributed by atoms with Gasteiger partial charge in [0.2, 0.25) is 0 Å². The highest BCUT2D eigenvalue weighted by atomic mass is 19.3. The Morgan fingerprint density at radius 3 is 2.72 bits per heavy atom. The molecule has 8 heteroatoms. The molecule has 2 atom stereocenters. The van der Waals surface area contributed by atoms with Crippen LogP contribution in [0.25, 0.3) is 0 Å². The number of carbonyl (C=O) groups excluding carboxylic acids is 1. The average Bonchev–Trinajstić information content (AvgIpc) is 2.69. The van der Waals surface area contributed by atoms with Gasteiger partial charge in [-0.05, 0) is 0 Å². The van der Waals surface area contributed by atoms with Gasteiger partial charge in [0.1, 0.15) is 12.6 Å². The second-order valence-electron chi connectivity index (χ2n) is 3.63. The summed E-state index contributed by atoms with van der Waals surface area (Å²) >= 11 is 0. The number of likely N-dealkylation sites (tertiary alicyclic amines) is 1. The first kappa shape index (κ1) is 14.4. The molecule has 1 saturated heterocycles. The molecule has 102 valence electrons. The third-order valence-electron chi connectivity index (χ3n) is 2.40. The molecule has 0 aliphatic carbocycles. The summed E-state index contributed by atoms with van der Waals surface area (Å²) in [5, 5.41) is 8.90. The van der Waals surface area contributed by atoms with Crippen molar-refractivity contribution in [3.63, 3.8) is 0 Å². The highest BCUT2D eigenvalue weighted by Crippen LogP contribution is 2.23. The largest absolute Gasteiger partial charge is 0.480 e. The summed E-state index contributed by atoms with van der Waals surface area (Å²) < 4.78 is 32.9. The zero-order chi connectivity index (χ0) is 13.7. The van der Waals surface area contributed by atoms with Crippen molar-refractivity contribution in [3.05, 3.63) is 12.7 Å². The molecule has 0 spiro atoms. The van der Waals surface area contributed by atoms with E-state index < -0.39 is 30.8 Å². The Labute approximate surface area is 102 Å². The maximum atomic E-state index is 12.0. The number of carboxylic acids is 1. The van der Waals surface area contributed by atoms with Crippen LogP contribution in [0.3, 0.4) is 0 Å². The first-order chi connectivity index (χ1) is 8.45. The molecule has 1 amide bonds. The van der Waals surface area contributed by atoms with E-state index in [9.17, 15) is 18.4 Å². The molecule has 1 rings (SSSR count). The third-order valence-corrected chi connectivity index (χ3v) is 2.40. The fraction of sp³-hybridized carbons (Fsp3) is 0.600. The van der Waals surface area contributed by atoms with Crippen molar-refractivity contribution in [3.8, 4) is 0 Å². The summed E-state index contributed by atoms with van der Waals surface area (Å²) in [6.07, 6.45) is -0.773. The Bertz CT molecular complexity index is 336. The minimum Gasteiger partial charge on any atom is -0.480 e. The lowest BCUT2D eigenvalue weighted by Crippen LogP contribution is -2.41. The van der Waals surface area contributed by atoms with Crippen molar-refractivity contribution in [1.29, 1.82) is 0 Å². The summed E-state index contributed by atoms with van der Waals surface area (Å²) in [5.74, 6) is -1.29. The number of carbonyl (C=O) groups is 2. The van der Waals surface area contributed by atoms with Gasteiger partial charge in [0.05, 0.1) is 12.6 Å². The van der Waals surface area contributed by atoms with E-state index in [-0.39, 0.29) is 19.6 Å². The molecule has 1 aliphatic rings. The molecule has 18 heavy (non-hydrogen) atoms. The van der Waals surface area contributed by atoms with Crippen LogP contribution >= 0.6 is 0 Å². The number of carboxylic acid groups (broad SMARTS) is 1. The second-order valence-corrected chi connectivity index (χ2v) is 3.63. The lowest BCUT2D eigenvalue weighted by molar-refractivity contribution is -0.159. The number of amides is 1. The number of hydrogen-bond donors (Lipinski definition) is 1. The van der Waals surface area contributed by atoms with Crippen LogP contribution in [0.5, 0.6) is 0 Å². The highest BCUT2D eigenvalue weighted by Gasteiger charge is 2.42. The molecule has 0 aromatic rings. The Hall–Kier alpha value is -1.70. The van der Waals surface area contributed by atoms with E-state index in [1.165, 1.54) is 6.08 Å². The first-order valence-electron chi connectivity index (χ1n) is 5.16. The predicted octanol–water partition coefficient (Wildman–Crippen LogP) is 1.08. The van der Waals surface area contributed by atoms with E-state index in [4.69, 9.17) is 5.11 Å². The Kier molecular flexibility index (Phi) is 5.02. The van der Waals surface area contributed by atoms with Crippen LogP contribution in [0, 0.1) is 0 Å². The number of nitrogens with zero attached hydrogens (tertiary/aromatic N) is 1. The van der Waals surface area contributed by atoms with Gasteiger partial charge in [0.25, 0.3) is 0 Å². The van der Waals surface area contributed by atoms with Crippen LogP contribution in [0.4, 0.5) is 13.6 Å². The van der Waals surface area contributed by atoms with Crippen molar-refractivity contribution in [2.45, 2.75) is 25.2 Å². The fourth-order valence-corrected chi connectivity index (χ4v) is 1.69. The first-order valence-corrected chi connectivity index (χ1v) is 5.16. The topological polar surface area (TPSA) is 76.1 Å². The minimum atomic E-state index is -3.01. The van der Waals surface area contributed by atoms with E-state index in [1.54, 1.807) is 0 Å². The molecule has 1 fully saturated rings. The molecule has 6 nitrogen and oxygen atoms in total. The van der Waals surface area contributed by atoms with Crippen LogP contribution in [-0.2, 0) is 14.3 Å². The maximum absolute atomic E-state index is 12.0. The van der Waals surface area contributed by atoms with E-state index >= 15 is 0 Å². The fourth-order valence-electron chi connectivity index (χ4n) is 1.69. The number of rotatable bonds is 5. The normalized spacial score (nSPS) is 23.2. The van der Waals surface area contributed by atoms with Gasteiger partial charge >= 0.3 is 18.7 Å². The van der Waals surface area contributed by atoms with Gasteiger partial charge in [-0.2, -0.15) is 8.78 Å². The summed E-state index contributed by atoms with van der Waals surface area (Å²) in [6.45, 7) is 0.00574. The number of alkyl halides is 2. The smallest absolute Gasteiger partial charge is 0.410 e. The molecule has 1 heterocycles. The lowest BCUT2D eigenvalue weighted by Gasteiger charge is -2.20. The molecule has 1 N–H and O–H groups in total. The molecule has 1 aliphatic heterocycles. The molecule has 0 aromatic heterocycles. The Morgan fingerprint density at radius 1 is 1.56 bits per heavy atom. The second kappa shape index (κ2) is 6.29. The van der Waals surface area contributed by atoms with Crippen molar-refractivity contribution in [2.24, 2.45) is 0 Å². The highest BCUT2D eigenvalue weighted by molar-refractivity contribution is 5.80.